The lowest BCUT2D eigenvalue weighted by Crippen LogP contribution is -2.36. The molecular weight excluding hydrogens is 547 g/mol. The fraction of sp³-hybridized carbons (Fsp3) is 0.708. The summed E-state index contributed by atoms with van der Waals surface area (Å²) in [5.41, 5.74) is 6.44. The van der Waals surface area contributed by atoms with Crippen LogP contribution in [0.5, 0.6) is 0 Å². The maximum atomic E-state index is 13.7. The summed E-state index contributed by atoms with van der Waals surface area (Å²) >= 11 is 1.09. The van der Waals surface area contributed by atoms with E-state index in [4.69, 9.17) is 24.3 Å². The van der Waals surface area contributed by atoms with Gasteiger partial charge in [0.05, 0.1) is 32.3 Å². The lowest BCUT2D eigenvalue weighted by atomic mass is 9.97. The maximum absolute atomic E-state index is 13.7. The molecule has 218 valence electrons. The Kier molecular flexibility index (Phi) is 10.5. The molecule has 0 aliphatic carbocycles. The average molecular weight is 587 g/mol. The van der Waals surface area contributed by atoms with E-state index in [2.05, 4.69) is 20.0 Å². The number of carbonyl (C=O) groups is 2. The lowest BCUT2D eigenvalue weighted by molar-refractivity contribution is -0.149. The summed E-state index contributed by atoms with van der Waals surface area (Å²) in [6.45, 7) is 12.8. The zero-order valence-electron chi connectivity index (χ0n) is 23.4. The molecule has 3 heterocycles. The van der Waals surface area contributed by atoms with Gasteiger partial charge in [-0.1, -0.05) is 39.5 Å². The zero-order valence-corrected chi connectivity index (χ0v) is 25.2. The lowest BCUT2D eigenvalue weighted by Gasteiger charge is -2.25. The van der Waals surface area contributed by atoms with Crippen molar-refractivity contribution >= 4 is 47.6 Å². The van der Waals surface area contributed by atoms with Crippen LogP contribution >= 0.6 is 19.5 Å². The van der Waals surface area contributed by atoms with E-state index < -0.39 is 31.4 Å². The first-order chi connectivity index (χ1) is 18.2. The van der Waals surface area contributed by atoms with Crippen molar-refractivity contribution in [1.82, 2.24) is 24.6 Å². The van der Waals surface area contributed by atoms with Gasteiger partial charge in [0.1, 0.15) is 24.1 Å². The standard InChI is InChI=1S/C24H39N6O7PS/c1-14(2)37-22(31)16(4)29-38(33,35-8-9-39-23(32)24(5,6)7)36-11-17-10-34-21(15(17)3)30-13-28-18-19(25)26-12-27-20(18)30/h12-17,21H,8-11H2,1-7H3,(H,29,33)(H2,25,26,27)/t15-,16?,17?,21+,38?/m0/s1. The molecule has 0 aromatic carbocycles. The highest BCUT2D eigenvalue weighted by Crippen LogP contribution is 2.47. The van der Waals surface area contributed by atoms with Crippen molar-refractivity contribution in [1.29, 1.82) is 0 Å². The molecule has 1 aliphatic rings. The van der Waals surface area contributed by atoms with Gasteiger partial charge in [0, 0.05) is 23.0 Å². The smallest absolute Gasteiger partial charge is 0.406 e. The number of imidazole rings is 1. The molecule has 3 rings (SSSR count). The van der Waals surface area contributed by atoms with Gasteiger partial charge < -0.3 is 15.2 Å². The molecule has 39 heavy (non-hydrogen) atoms. The highest BCUT2D eigenvalue weighted by atomic mass is 32.2. The third kappa shape index (κ3) is 8.21. The Morgan fingerprint density at radius 2 is 1.97 bits per heavy atom. The van der Waals surface area contributed by atoms with Crippen molar-refractivity contribution in [3.05, 3.63) is 12.7 Å². The van der Waals surface area contributed by atoms with Crippen molar-refractivity contribution in [2.75, 3.05) is 31.3 Å². The first kappa shape index (κ1) is 31.4. The van der Waals surface area contributed by atoms with Crippen molar-refractivity contribution in [2.45, 2.75) is 66.8 Å². The zero-order chi connectivity index (χ0) is 29.0. The number of rotatable bonds is 12. The van der Waals surface area contributed by atoms with E-state index >= 15 is 0 Å². The van der Waals surface area contributed by atoms with Crippen LogP contribution in [-0.2, 0) is 32.7 Å². The van der Waals surface area contributed by atoms with Crippen molar-refractivity contribution in [3.8, 4) is 0 Å². The first-order valence-electron chi connectivity index (χ1n) is 12.8. The van der Waals surface area contributed by atoms with Crippen LogP contribution in [0.4, 0.5) is 5.82 Å². The van der Waals surface area contributed by atoms with Gasteiger partial charge in [-0.2, -0.15) is 0 Å². The van der Waals surface area contributed by atoms with Gasteiger partial charge in [0.2, 0.25) is 0 Å². The van der Waals surface area contributed by atoms with Crippen LogP contribution in [0.1, 0.15) is 54.7 Å². The van der Waals surface area contributed by atoms with Gasteiger partial charge in [-0.3, -0.25) is 23.2 Å². The second-order valence-electron chi connectivity index (χ2n) is 10.8. The number of anilines is 1. The van der Waals surface area contributed by atoms with Crippen LogP contribution in [0.25, 0.3) is 11.2 Å². The van der Waals surface area contributed by atoms with Crippen LogP contribution in [-0.4, -0.2) is 68.3 Å². The summed E-state index contributed by atoms with van der Waals surface area (Å²) in [6.07, 6.45) is 2.24. The molecule has 1 saturated heterocycles. The molecular formula is C24H39N6O7PS. The average Bonchev–Trinajstić information content (AvgIpc) is 3.43. The van der Waals surface area contributed by atoms with Gasteiger partial charge in [-0.25, -0.2) is 24.6 Å². The molecule has 0 saturated carbocycles. The van der Waals surface area contributed by atoms with E-state index in [0.717, 1.165) is 11.8 Å². The van der Waals surface area contributed by atoms with Gasteiger partial charge >= 0.3 is 13.7 Å². The van der Waals surface area contributed by atoms with Gasteiger partial charge in [0.25, 0.3) is 0 Å². The number of nitrogen functional groups attached to an aromatic ring is 1. The summed E-state index contributed by atoms with van der Waals surface area (Å²) in [7, 11) is -3.97. The number of hydrogen-bond acceptors (Lipinski definition) is 12. The number of nitrogens with zero attached hydrogens (tertiary/aromatic N) is 4. The number of nitrogens with two attached hydrogens (primary N) is 1. The van der Waals surface area contributed by atoms with E-state index in [1.165, 1.54) is 13.3 Å². The quantitative estimate of drug-likeness (QED) is 0.210. The normalized spacial score (nSPS) is 22.2. The number of ether oxygens (including phenoxy) is 2. The largest absolute Gasteiger partial charge is 0.462 e. The summed E-state index contributed by atoms with van der Waals surface area (Å²) in [5.74, 6) is -0.253. The van der Waals surface area contributed by atoms with Gasteiger partial charge in [-0.15, -0.1) is 0 Å². The van der Waals surface area contributed by atoms with Crippen LogP contribution in [0.3, 0.4) is 0 Å². The second-order valence-corrected chi connectivity index (χ2v) is 13.6. The Bertz CT molecular complexity index is 1200. The second kappa shape index (κ2) is 13.0. The first-order valence-corrected chi connectivity index (χ1v) is 15.3. The number of aromatic nitrogens is 4. The number of hydrogen-bond donors (Lipinski definition) is 2. The Morgan fingerprint density at radius 1 is 1.26 bits per heavy atom. The van der Waals surface area contributed by atoms with Gasteiger partial charge in [-0.05, 0) is 20.8 Å². The van der Waals surface area contributed by atoms with Crippen LogP contribution < -0.4 is 10.8 Å². The number of carbonyl (C=O) groups excluding carboxylic acids is 2. The van der Waals surface area contributed by atoms with E-state index in [1.54, 1.807) is 24.7 Å². The Morgan fingerprint density at radius 3 is 2.64 bits per heavy atom. The molecule has 0 spiro atoms. The van der Waals surface area contributed by atoms with Crippen molar-refractivity contribution < 1.29 is 32.7 Å². The molecule has 0 bridgehead atoms. The third-order valence-corrected chi connectivity index (χ3v) is 9.00. The molecule has 2 aromatic rings. The Labute approximate surface area is 232 Å². The monoisotopic (exact) mass is 586 g/mol. The molecule has 5 atom stereocenters. The SMILES string of the molecule is CC(C)OC(=O)C(C)NP(=O)(OCCSC(=O)C(C)(C)C)OCC1CO[C@@H](n2cnc3c(N)ncnc32)[C@H]1C. The summed E-state index contributed by atoms with van der Waals surface area (Å²) in [5, 5.41) is 2.67. The van der Waals surface area contributed by atoms with E-state index in [-0.39, 0.29) is 47.8 Å². The topological polar surface area (TPSA) is 170 Å². The molecule has 0 amide bonds. The van der Waals surface area contributed by atoms with Crippen LogP contribution in [0.15, 0.2) is 12.7 Å². The Balaban J connectivity index is 1.66. The van der Waals surface area contributed by atoms with E-state index in [9.17, 15) is 14.2 Å². The van der Waals surface area contributed by atoms with Crippen LogP contribution in [0.2, 0.25) is 0 Å². The minimum absolute atomic E-state index is 0.00860. The predicted octanol–water partition coefficient (Wildman–Crippen LogP) is 3.57. The van der Waals surface area contributed by atoms with E-state index in [0.29, 0.717) is 17.8 Å². The Hall–Kier alpha value is -2.09. The predicted molar refractivity (Wildman–Crippen MR) is 148 cm³/mol. The summed E-state index contributed by atoms with van der Waals surface area (Å²) in [6, 6.07) is -0.949. The fourth-order valence-electron chi connectivity index (χ4n) is 3.79. The number of nitrogens with one attached hydrogen (secondary N) is 1. The van der Waals surface area contributed by atoms with Gasteiger partial charge in [0.15, 0.2) is 16.6 Å². The molecule has 3 unspecified atom stereocenters. The highest BCUT2D eigenvalue weighted by molar-refractivity contribution is 8.13. The van der Waals surface area contributed by atoms with Crippen molar-refractivity contribution in [3.63, 3.8) is 0 Å². The molecule has 15 heteroatoms. The van der Waals surface area contributed by atoms with Crippen molar-refractivity contribution in [2.24, 2.45) is 17.3 Å². The number of esters is 1. The number of thioether (sulfide) groups is 1. The van der Waals surface area contributed by atoms with E-state index in [1.807, 2.05) is 27.7 Å². The molecule has 0 radical (unpaired) electrons. The fourth-order valence-corrected chi connectivity index (χ4v) is 6.22. The summed E-state index contributed by atoms with van der Waals surface area (Å²) in [4.78, 5) is 37.1. The minimum Gasteiger partial charge on any atom is -0.462 e. The molecule has 13 nitrogen and oxygen atoms in total. The molecule has 2 aromatic heterocycles. The maximum Gasteiger partial charge on any atom is 0.406 e. The van der Waals surface area contributed by atoms with Crippen LogP contribution in [0, 0.1) is 17.3 Å². The molecule has 1 fully saturated rings. The molecule has 1 aliphatic heterocycles. The highest BCUT2D eigenvalue weighted by Gasteiger charge is 2.39. The molecule has 3 N–H and O–H groups in total. The third-order valence-electron chi connectivity index (χ3n) is 6.04. The minimum atomic E-state index is -3.97. The summed E-state index contributed by atoms with van der Waals surface area (Å²) < 4.78 is 38.2. The number of fused-ring (bicyclic) bond motifs is 1.